The van der Waals surface area contributed by atoms with Crippen LogP contribution in [-0.2, 0) is 9.53 Å². The van der Waals surface area contributed by atoms with Gasteiger partial charge in [-0.05, 0) is 74.0 Å². The number of nitrogens with zero attached hydrogens (tertiary/aromatic N) is 2. The van der Waals surface area contributed by atoms with Gasteiger partial charge in [-0.2, -0.15) is 0 Å². The van der Waals surface area contributed by atoms with Gasteiger partial charge in [0, 0.05) is 44.8 Å². The molecule has 4 aliphatic carbocycles. The first-order valence-corrected chi connectivity index (χ1v) is 11.9. The van der Waals surface area contributed by atoms with Gasteiger partial charge < -0.3 is 15.0 Å². The first kappa shape index (κ1) is 20.3. The van der Waals surface area contributed by atoms with E-state index in [0.29, 0.717) is 12.5 Å². The minimum Gasteiger partial charge on any atom is -0.379 e. The molecule has 30 heavy (non-hydrogen) atoms. The Hall–Kier alpha value is -1.59. The fourth-order valence-corrected chi connectivity index (χ4v) is 7.11. The quantitative estimate of drug-likeness (QED) is 0.779. The Morgan fingerprint density at radius 3 is 2.17 bits per heavy atom. The van der Waals surface area contributed by atoms with Crippen molar-refractivity contribution >= 4 is 11.6 Å². The van der Waals surface area contributed by atoms with Gasteiger partial charge in [0.15, 0.2) is 0 Å². The third-order valence-corrected chi connectivity index (χ3v) is 8.26. The summed E-state index contributed by atoms with van der Waals surface area (Å²) in [6.45, 7) is 4.09. The van der Waals surface area contributed by atoms with Crippen molar-refractivity contribution in [2.45, 2.75) is 44.6 Å². The molecule has 6 rings (SSSR count). The summed E-state index contributed by atoms with van der Waals surface area (Å²) in [5.74, 6) is 2.74. The van der Waals surface area contributed by atoms with E-state index in [1.54, 1.807) is 0 Å². The van der Waals surface area contributed by atoms with Crippen LogP contribution in [0.15, 0.2) is 24.3 Å². The highest BCUT2D eigenvalue weighted by Gasteiger charge is 2.54. The molecule has 1 aromatic carbocycles. The van der Waals surface area contributed by atoms with Gasteiger partial charge in [-0.25, -0.2) is 0 Å². The lowest BCUT2D eigenvalue weighted by atomic mass is 9.49. The van der Waals surface area contributed by atoms with Crippen LogP contribution in [0.1, 0.15) is 50.1 Å². The Labute approximate surface area is 181 Å². The largest absolute Gasteiger partial charge is 0.379 e. The Morgan fingerprint density at radius 2 is 1.63 bits per heavy atom. The van der Waals surface area contributed by atoms with Crippen LogP contribution in [0.2, 0.25) is 0 Å². The predicted octanol–water partition coefficient (Wildman–Crippen LogP) is 3.46. The molecule has 1 N–H and O–H groups in total. The van der Waals surface area contributed by atoms with E-state index in [1.807, 2.05) is 0 Å². The molecule has 1 heterocycles. The van der Waals surface area contributed by atoms with Crippen LogP contribution in [0.4, 0.5) is 5.69 Å². The molecule has 164 valence electrons. The van der Waals surface area contributed by atoms with E-state index in [2.05, 4.69) is 53.5 Å². The standard InChI is InChI=1S/C25H37N3O2/c1-27(2)22-5-3-21(4-6-22)23(28-7-9-30-10-8-28)17-26-24(29)25-14-18-11-19(15-25)13-20(12-18)16-25/h3-6,18-20,23H,7-17H2,1-2H3,(H,26,29)/t18?,19?,20?,23-,25?/m1/s1. The number of morpholine rings is 1. The van der Waals surface area contributed by atoms with Crippen molar-refractivity contribution in [3.8, 4) is 0 Å². The highest BCUT2D eigenvalue weighted by molar-refractivity contribution is 5.83. The third-order valence-electron chi connectivity index (χ3n) is 8.26. The number of nitrogens with one attached hydrogen (secondary N) is 1. The number of amides is 1. The lowest BCUT2D eigenvalue weighted by molar-refractivity contribution is -0.146. The van der Waals surface area contributed by atoms with Gasteiger partial charge in [0.25, 0.3) is 0 Å². The Morgan fingerprint density at radius 1 is 1.07 bits per heavy atom. The van der Waals surface area contributed by atoms with Crippen molar-refractivity contribution in [2.24, 2.45) is 23.2 Å². The third kappa shape index (κ3) is 3.87. The summed E-state index contributed by atoms with van der Waals surface area (Å²) in [6, 6.07) is 9.04. The summed E-state index contributed by atoms with van der Waals surface area (Å²) in [5.41, 5.74) is 2.42. The average Bonchev–Trinajstić information content (AvgIpc) is 2.74. The van der Waals surface area contributed by atoms with Crippen molar-refractivity contribution in [1.29, 1.82) is 0 Å². The van der Waals surface area contributed by atoms with Crippen LogP contribution in [-0.4, -0.2) is 57.8 Å². The molecular weight excluding hydrogens is 374 g/mol. The van der Waals surface area contributed by atoms with Gasteiger partial charge >= 0.3 is 0 Å². The Kier molecular flexibility index (Phi) is 5.53. The minimum atomic E-state index is -0.0703. The number of anilines is 1. The fourth-order valence-electron chi connectivity index (χ4n) is 7.11. The summed E-state index contributed by atoms with van der Waals surface area (Å²) >= 11 is 0. The van der Waals surface area contributed by atoms with Crippen molar-refractivity contribution in [3.63, 3.8) is 0 Å². The molecule has 5 heteroatoms. The molecule has 0 radical (unpaired) electrons. The highest BCUT2D eigenvalue weighted by atomic mass is 16.5. The summed E-state index contributed by atoms with van der Waals surface area (Å²) in [4.78, 5) is 18.1. The first-order valence-electron chi connectivity index (χ1n) is 11.9. The Bertz CT molecular complexity index is 719. The van der Waals surface area contributed by atoms with E-state index < -0.39 is 0 Å². The lowest BCUT2D eigenvalue weighted by Gasteiger charge is -2.55. The van der Waals surface area contributed by atoms with Gasteiger partial charge in [-0.3, -0.25) is 9.69 Å². The van der Waals surface area contributed by atoms with Gasteiger partial charge in [0.2, 0.25) is 5.91 Å². The number of hydrogen-bond donors (Lipinski definition) is 1. The average molecular weight is 412 g/mol. The second kappa shape index (κ2) is 8.16. The topological polar surface area (TPSA) is 44.8 Å². The number of carbonyl (C=O) groups is 1. The molecule has 1 saturated heterocycles. The van der Waals surface area contributed by atoms with Crippen LogP contribution in [0.3, 0.4) is 0 Å². The molecule has 1 atom stereocenters. The summed E-state index contributed by atoms with van der Waals surface area (Å²) in [6.07, 6.45) is 7.52. The second-order valence-corrected chi connectivity index (χ2v) is 10.6. The molecule has 4 bridgehead atoms. The SMILES string of the molecule is CN(C)c1ccc([C@@H](CNC(=O)C23CC4CC(CC(C4)C2)C3)N2CCOCC2)cc1. The van der Waals surface area contributed by atoms with Gasteiger partial charge in [0.05, 0.1) is 19.3 Å². The van der Waals surface area contributed by atoms with E-state index >= 15 is 0 Å². The number of hydrogen-bond acceptors (Lipinski definition) is 4. The molecule has 1 aromatic rings. The van der Waals surface area contributed by atoms with Crippen molar-refractivity contribution in [2.75, 3.05) is 51.8 Å². The molecule has 0 aromatic heterocycles. The zero-order valence-corrected chi connectivity index (χ0v) is 18.6. The molecule has 0 unspecified atom stereocenters. The smallest absolute Gasteiger partial charge is 0.226 e. The number of benzene rings is 1. The summed E-state index contributed by atoms with van der Waals surface area (Å²) in [7, 11) is 4.14. The second-order valence-electron chi connectivity index (χ2n) is 10.6. The van der Waals surface area contributed by atoms with Crippen LogP contribution >= 0.6 is 0 Å². The van der Waals surface area contributed by atoms with E-state index in [0.717, 1.165) is 63.3 Å². The van der Waals surface area contributed by atoms with Crippen LogP contribution < -0.4 is 10.2 Å². The highest BCUT2D eigenvalue weighted by Crippen LogP contribution is 2.60. The number of carbonyl (C=O) groups excluding carboxylic acids is 1. The zero-order valence-electron chi connectivity index (χ0n) is 18.6. The maximum Gasteiger partial charge on any atom is 0.226 e. The zero-order chi connectivity index (χ0) is 20.7. The van der Waals surface area contributed by atoms with E-state index in [-0.39, 0.29) is 11.5 Å². The first-order chi connectivity index (χ1) is 14.5. The van der Waals surface area contributed by atoms with E-state index in [9.17, 15) is 4.79 Å². The molecular formula is C25H37N3O2. The molecule has 5 nitrogen and oxygen atoms in total. The van der Waals surface area contributed by atoms with E-state index in [1.165, 1.54) is 30.5 Å². The normalized spacial score (nSPS) is 34.0. The molecule has 5 aliphatic rings. The molecule has 1 amide bonds. The van der Waals surface area contributed by atoms with E-state index in [4.69, 9.17) is 4.74 Å². The molecule has 0 spiro atoms. The van der Waals surface area contributed by atoms with Crippen molar-refractivity contribution in [3.05, 3.63) is 29.8 Å². The lowest BCUT2D eigenvalue weighted by Crippen LogP contribution is -2.54. The minimum absolute atomic E-state index is 0.0703. The maximum absolute atomic E-state index is 13.5. The monoisotopic (exact) mass is 411 g/mol. The summed E-state index contributed by atoms with van der Waals surface area (Å²) in [5, 5.41) is 3.44. The van der Waals surface area contributed by atoms with Gasteiger partial charge in [-0.15, -0.1) is 0 Å². The Balaban J connectivity index is 1.30. The maximum atomic E-state index is 13.5. The van der Waals surface area contributed by atoms with Gasteiger partial charge in [-0.1, -0.05) is 12.1 Å². The summed E-state index contributed by atoms with van der Waals surface area (Å²) < 4.78 is 5.59. The molecule has 4 saturated carbocycles. The fraction of sp³-hybridized carbons (Fsp3) is 0.720. The predicted molar refractivity (Wildman–Crippen MR) is 120 cm³/mol. The molecule has 5 fully saturated rings. The van der Waals surface area contributed by atoms with Crippen molar-refractivity contribution < 1.29 is 9.53 Å². The van der Waals surface area contributed by atoms with Gasteiger partial charge in [0.1, 0.15) is 0 Å². The van der Waals surface area contributed by atoms with Crippen molar-refractivity contribution in [1.82, 2.24) is 10.2 Å². The number of rotatable bonds is 6. The molecule has 1 aliphatic heterocycles. The number of ether oxygens (including phenoxy) is 1. The van der Waals surface area contributed by atoms with Crippen LogP contribution in [0.5, 0.6) is 0 Å². The van der Waals surface area contributed by atoms with Crippen LogP contribution in [0, 0.1) is 23.2 Å². The van der Waals surface area contributed by atoms with Crippen LogP contribution in [0.25, 0.3) is 0 Å².